The number of rotatable bonds is 2. The van der Waals surface area contributed by atoms with Crippen LogP contribution in [-0.4, -0.2) is 5.11 Å². The Hall–Kier alpha value is -1.60. The predicted octanol–water partition coefficient (Wildman–Crippen LogP) is 3.39. The first kappa shape index (κ1) is 10.9. The van der Waals surface area contributed by atoms with Gasteiger partial charge in [0.05, 0.1) is 0 Å². The molecule has 0 aliphatic heterocycles. The van der Waals surface area contributed by atoms with Gasteiger partial charge < -0.3 is 5.11 Å². The molecule has 0 bridgehead atoms. The molecule has 0 fully saturated rings. The third-order valence-corrected chi connectivity index (χ3v) is 2.88. The van der Waals surface area contributed by atoms with Crippen LogP contribution in [0.4, 0.5) is 0 Å². The van der Waals surface area contributed by atoms with Gasteiger partial charge >= 0.3 is 0 Å². The molecule has 0 aliphatic carbocycles. The summed E-state index contributed by atoms with van der Waals surface area (Å²) >= 11 is 0. The molecule has 2 aromatic rings. The van der Waals surface area contributed by atoms with Crippen molar-refractivity contribution in [2.45, 2.75) is 20.0 Å². The van der Waals surface area contributed by atoms with Crippen LogP contribution in [0, 0.1) is 13.8 Å². The van der Waals surface area contributed by atoms with Gasteiger partial charge in [0, 0.05) is 0 Å². The molecular weight excluding hydrogens is 196 g/mol. The average molecular weight is 212 g/mol. The third kappa shape index (κ3) is 2.15. The van der Waals surface area contributed by atoms with E-state index in [-0.39, 0.29) is 0 Å². The van der Waals surface area contributed by atoms with Gasteiger partial charge in [0.1, 0.15) is 6.10 Å². The van der Waals surface area contributed by atoms with Crippen LogP contribution in [0.2, 0.25) is 0 Å². The SMILES string of the molecule is Cc1ccc([C@H](O)c2ccccc2C)cc1. The topological polar surface area (TPSA) is 20.2 Å². The van der Waals surface area contributed by atoms with Crippen molar-refractivity contribution >= 4 is 0 Å². The van der Waals surface area contributed by atoms with Crippen LogP contribution in [-0.2, 0) is 0 Å². The zero-order chi connectivity index (χ0) is 11.5. The number of aliphatic hydroxyl groups excluding tert-OH is 1. The maximum Gasteiger partial charge on any atom is 0.104 e. The molecule has 0 radical (unpaired) electrons. The van der Waals surface area contributed by atoms with Crippen LogP contribution < -0.4 is 0 Å². The number of hydrogen-bond donors (Lipinski definition) is 1. The Kier molecular flexibility index (Phi) is 3.07. The van der Waals surface area contributed by atoms with Gasteiger partial charge in [-0.1, -0.05) is 54.1 Å². The molecule has 0 spiro atoms. The predicted molar refractivity (Wildman–Crippen MR) is 66.4 cm³/mol. The monoisotopic (exact) mass is 212 g/mol. The van der Waals surface area contributed by atoms with Crippen LogP contribution in [0.15, 0.2) is 48.5 Å². The summed E-state index contributed by atoms with van der Waals surface area (Å²) in [5.41, 5.74) is 4.25. The number of benzene rings is 2. The molecule has 2 rings (SSSR count). The molecule has 0 amide bonds. The van der Waals surface area contributed by atoms with Gasteiger partial charge in [0.2, 0.25) is 0 Å². The molecule has 0 heterocycles. The average Bonchev–Trinajstić information content (AvgIpc) is 2.30. The van der Waals surface area contributed by atoms with E-state index in [9.17, 15) is 5.11 Å². The van der Waals surface area contributed by atoms with Gasteiger partial charge in [-0.3, -0.25) is 0 Å². The largest absolute Gasteiger partial charge is 0.384 e. The molecule has 82 valence electrons. The quantitative estimate of drug-likeness (QED) is 0.809. The Morgan fingerprint density at radius 2 is 1.50 bits per heavy atom. The molecular formula is C15H16O. The van der Waals surface area contributed by atoms with E-state index in [1.807, 2.05) is 62.4 Å². The molecule has 16 heavy (non-hydrogen) atoms. The zero-order valence-corrected chi connectivity index (χ0v) is 9.64. The molecule has 0 saturated heterocycles. The summed E-state index contributed by atoms with van der Waals surface area (Å²) in [4.78, 5) is 0. The summed E-state index contributed by atoms with van der Waals surface area (Å²) in [7, 11) is 0. The van der Waals surface area contributed by atoms with E-state index in [1.165, 1.54) is 5.56 Å². The van der Waals surface area contributed by atoms with Gasteiger partial charge in [-0.15, -0.1) is 0 Å². The number of aryl methyl sites for hydroxylation is 2. The van der Waals surface area contributed by atoms with Crippen molar-refractivity contribution in [1.82, 2.24) is 0 Å². The Balaban J connectivity index is 2.35. The molecule has 0 aliphatic rings. The Morgan fingerprint density at radius 1 is 0.875 bits per heavy atom. The lowest BCUT2D eigenvalue weighted by atomic mass is 9.97. The normalized spacial score (nSPS) is 12.4. The minimum atomic E-state index is -0.526. The van der Waals surface area contributed by atoms with E-state index >= 15 is 0 Å². The molecule has 0 saturated carbocycles. The molecule has 2 aromatic carbocycles. The number of hydrogen-bond acceptors (Lipinski definition) is 1. The maximum atomic E-state index is 10.3. The summed E-state index contributed by atoms with van der Waals surface area (Å²) < 4.78 is 0. The van der Waals surface area contributed by atoms with E-state index in [0.29, 0.717) is 0 Å². The van der Waals surface area contributed by atoms with E-state index < -0.39 is 6.10 Å². The van der Waals surface area contributed by atoms with Crippen LogP contribution >= 0.6 is 0 Å². The highest BCUT2D eigenvalue weighted by molar-refractivity contribution is 5.35. The van der Waals surface area contributed by atoms with Gasteiger partial charge in [0.25, 0.3) is 0 Å². The van der Waals surface area contributed by atoms with Crippen molar-refractivity contribution in [3.8, 4) is 0 Å². The second kappa shape index (κ2) is 4.50. The third-order valence-electron chi connectivity index (χ3n) is 2.88. The van der Waals surface area contributed by atoms with Gasteiger partial charge in [0.15, 0.2) is 0 Å². The van der Waals surface area contributed by atoms with Crippen molar-refractivity contribution in [2.24, 2.45) is 0 Å². The second-order valence-electron chi connectivity index (χ2n) is 4.17. The summed E-state index contributed by atoms with van der Waals surface area (Å²) in [6.45, 7) is 4.07. The zero-order valence-electron chi connectivity index (χ0n) is 9.64. The molecule has 1 heteroatoms. The van der Waals surface area contributed by atoms with Gasteiger partial charge in [-0.05, 0) is 30.5 Å². The Morgan fingerprint density at radius 3 is 2.12 bits per heavy atom. The van der Waals surface area contributed by atoms with Crippen molar-refractivity contribution in [2.75, 3.05) is 0 Å². The second-order valence-corrected chi connectivity index (χ2v) is 4.17. The fourth-order valence-electron chi connectivity index (χ4n) is 1.82. The van der Waals surface area contributed by atoms with Crippen molar-refractivity contribution in [3.63, 3.8) is 0 Å². The van der Waals surface area contributed by atoms with Crippen LogP contribution in [0.5, 0.6) is 0 Å². The van der Waals surface area contributed by atoms with Crippen molar-refractivity contribution in [3.05, 3.63) is 70.8 Å². The smallest absolute Gasteiger partial charge is 0.104 e. The van der Waals surface area contributed by atoms with E-state index in [4.69, 9.17) is 0 Å². The highest BCUT2D eigenvalue weighted by Crippen LogP contribution is 2.24. The molecule has 1 atom stereocenters. The standard InChI is InChI=1S/C15H16O/c1-11-7-9-13(10-8-11)15(16)14-6-4-3-5-12(14)2/h3-10,15-16H,1-2H3/t15-/m0/s1. The van der Waals surface area contributed by atoms with E-state index in [0.717, 1.165) is 16.7 Å². The van der Waals surface area contributed by atoms with E-state index in [2.05, 4.69) is 0 Å². The number of aliphatic hydroxyl groups is 1. The molecule has 0 aromatic heterocycles. The van der Waals surface area contributed by atoms with Crippen LogP contribution in [0.1, 0.15) is 28.4 Å². The lowest BCUT2D eigenvalue weighted by Gasteiger charge is -2.14. The van der Waals surface area contributed by atoms with Crippen LogP contribution in [0.25, 0.3) is 0 Å². The van der Waals surface area contributed by atoms with Crippen molar-refractivity contribution in [1.29, 1.82) is 0 Å². The minimum Gasteiger partial charge on any atom is -0.384 e. The minimum absolute atomic E-state index is 0.526. The maximum absolute atomic E-state index is 10.3. The first-order chi connectivity index (χ1) is 7.68. The summed E-state index contributed by atoms with van der Waals surface area (Å²) in [6, 6.07) is 15.9. The highest BCUT2D eigenvalue weighted by Gasteiger charge is 2.11. The van der Waals surface area contributed by atoms with Gasteiger partial charge in [-0.25, -0.2) is 0 Å². The fraction of sp³-hybridized carbons (Fsp3) is 0.200. The summed E-state index contributed by atoms with van der Waals surface area (Å²) in [5.74, 6) is 0. The fourth-order valence-corrected chi connectivity index (χ4v) is 1.82. The summed E-state index contributed by atoms with van der Waals surface area (Å²) in [5, 5.41) is 10.3. The molecule has 1 nitrogen and oxygen atoms in total. The Bertz CT molecular complexity index is 471. The highest BCUT2D eigenvalue weighted by atomic mass is 16.3. The first-order valence-corrected chi connectivity index (χ1v) is 5.48. The lowest BCUT2D eigenvalue weighted by molar-refractivity contribution is 0.219. The lowest BCUT2D eigenvalue weighted by Crippen LogP contribution is -2.01. The summed E-state index contributed by atoms with van der Waals surface area (Å²) in [6.07, 6.45) is -0.526. The van der Waals surface area contributed by atoms with Crippen LogP contribution in [0.3, 0.4) is 0 Å². The van der Waals surface area contributed by atoms with E-state index in [1.54, 1.807) is 0 Å². The first-order valence-electron chi connectivity index (χ1n) is 5.48. The Labute approximate surface area is 96.4 Å². The van der Waals surface area contributed by atoms with Crippen molar-refractivity contribution < 1.29 is 5.11 Å². The molecule has 1 N–H and O–H groups in total. The molecule has 0 unspecified atom stereocenters. The van der Waals surface area contributed by atoms with Gasteiger partial charge in [-0.2, -0.15) is 0 Å².